The summed E-state index contributed by atoms with van der Waals surface area (Å²) in [6, 6.07) is 8.74. The van der Waals surface area contributed by atoms with Crippen LogP contribution in [-0.2, 0) is 9.53 Å². The van der Waals surface area contributed by atoms with Gasteiger partial charge in [-0.1, -0.05) is 17.7 Å². The highest BCUT2D eigenvalue weighted by atomic mass is 16.5. The van der Waals surface area contributed by atoms with Crippen LogP contribution in [0.5, 0.6) is 11.5 Å². The Hall–Kier alpha value is -3.02. The number of amides is 1. The van der Waals surface area contributed by atoms with E-state index in [0.29, 0.717) is 18.1 Å². The van der Waals surface area contributed by atoms with E-state index in [2.05, 4.69) is 5.32 Å². The second-order valence-corrected chi connectivity index (χ2v) is 6.61. The molecule has 0 bridgehead atoms. The molecule has 0 aliphatic heterocycles. The fraction of sp³-hybridized carbons (Fsp3) is 0.364. The van der Waals surface area contributed by atoms with Crippen LogP contribution in [0.1, 0.15) is 40.9 Å². The third-order valence-electron chi connectivity index (χ3n) is 4.28. The van der Waals surface area contributed by atoms with Crippen LogP contribution in [0.25, 0.3) is 0 Å². The van der Waals surface area contributed by atoms with Crippen molar-refractivity contribution in [3.8, 4) is 11.5 Å². The molecule has 2 rings (SSSR count). The molecule has 1 N–H and O–H groups in total. The maximum absolute atomic E-state index is 12.5. The van der Waals surface area contributed by atoms with Crippen LogP contribution in [-0.4, -0.2) is 31.7 Å². The Morgan fingerprint density at radius 3 is 2.25 bits per heavy atom. The molecule has 2 aromatic rings. The highest BCUT2D eigenvalue weighted by Gasteiger charge is 2.21. The number of ether oxygens (including phenoxy) is 3. The van der Waals surface area contributed by atoms with Crippen molar-refractivity contribution >= 4 is 17.6 Å². The topological polar surface area (TPSA) is 73.9 Å². The quantitative estimate of drug-likeness (QED) is 0.723. The van der Waals surface area contributed by atoms with Gasteiger partial charge in [-0.15, -0.1) is 0 Å². The van der Waals surface area contributed by atoms with E-state index >= 15 is 0 Å². The molecule has 0 heterocycles. The lowest BCUT2D eigenvalue weighted by molar-refractivity contribution is -0.123. The molecular formula is C22H27NO5. The summed E-state index contributed by atoms with van der Waals surface area (Å²) in [6.45, 7) is 9.74. The molecule has 0 spiro atoms. The number of aryl methyl sites for hydroxylation is 3. The van der Waals surface area contributed by atoms with Gasteiger partial charge in [-0.3, -0.25) is 4.79 Å². The van der Waals surface area contributed by atoms with E-state index in [-0.39, 0.29) is 11.5 Å². The molecule has 1 atom stereocenters. The summed E-state index contributed by atoms with van der Waals surface area (Å²) >= 11 is 0. The largest absolute Gasteiger partial charge is 0.493 e. The van der Waals surface area contributed by atoms with Gasteiger partial charge >= 0.3 is 5.97 Å². The van der Waals surface area contributed by atoms with E-state index in [0.717, 1.165) is 22.4 Å². The minimum atomic E-state index is -0.954. The van der Waals surface area contributed by atoms with Crippen LogP contribution in [0.15, 0.2) is 30.3 Å². The van der Waals surface area contributed by atoms with Crippen LogP contribution in [0.3, 0.4) is 0 Å². The molecule has 6 heteroatoms. The first-order valence-corrected chi connectivity index (χ1v) is 9.17. The number of nitrogens with one attached hydrogen (secondary N) is 1. The molecule has 150 valence electrons. The number of esters is 1. The van der Waals surface area contributed by atoms with E-state index in [4.69, 9.17) is 14.2 Å². The summed E-state index contributed by atoms with van der Waals surface area (Å²) in [5.41, 5.74) is 4.06. The third-order valence-corrected chi connectivity index (χ3v) is 4.28. The first-order chi connectivity index (χ1) is 13.3. The number of hydrogen-bond donors (Lipinski definition) is 1. The predicted octanol–water partition coefficient (Wildman–Crippen LogP) is 4.20. The van der Waals surface area contributed by atoms with Crippen molar-refractivity contribution in [1.82, 2.24) is 0 Å². The van der Waals surface area contributed by atoms with Gasteiger partial charge in [0.1, 0.15) is 0 Å². The summed E-state index contributed by atoms with van der Waals surface area (Å²) in [5, 5.41) is 2.85. The third kappa shape index (κ3) is 5.03. The van der Waals surface area contributed by atoms with Crippen LogP contribution in [0.2, 0.25) is 0 Å². The number of anilines is 1. The van der Waals surface area contributed by atoms with E-state index in [1.165, 1.54) is 20.1 Å². The van der Waals surface area contributed by atoms with Crippen molar-refractivity contribution in [1.29, 1.82) is 0 Å². The Morgan fingerprint density at radius 1 is 1.04 bits per heavy atom. The Kier molecular flexibility index (Phi) is 7.04. The predicted molar refractivity (Wildman–Crippen MR) is 108 cm³/mol. The van der Waals surface area contributed by atoms with Crippen molar-refractivity contribution in [2.75, 3.05) is 19.0 Å². The van der Waals surface area contributed by atoms with Crippen LogP contribution >= 0.6 is 0 Å². The van der Waals surface area contributed by atoms with Crippen molar-refractivity contribution in [2.45, 2.75) is 40.7 Å². The van der Waals surface area contributed by atoms with E-state index in [1.807, 2.05) is 39.8 Å². The average molecular weight is 385 g/mol. The van der Waals surface area contributed by atoms with Gasteiger partial charge in [0.05, 0.1) is 19.3 Å². The van der Waals surface area contributed by atoms with Gasteiger partial charge in [-0.25, -0.2) is 4.79 Å². The Labute approximate surface area is 165 Å². The van der Waals surface area contributed by atoms with Crippen LogP contribution < -0.4 is 14.8 Å². The second kappa shape index (κ2) is 9.26. The maximum atomic E-state index is 12.5. The van der Waals surface area contributed by atoms with Gasteiger partial charge in [0.25, 0.3) is 5.91 Å². The van der Waals surface area contributed by atoms with Gasteiger partial charge < -0.3 is 19.5 Å². The maximum Gasteiger partial charge on any atom is 0.339 e. The zero-order chi connectivity index (χ0) is 20.8. The highest BCUT2D eigenvalue weighted by molar-refractivity contribution is 5.98. The van der Waals surface area contributed by atoms with E-state index < -0.39 is 12.1 Å². The molecule has 0 aliphatic rings. The molecule has 28 heavy (non-hydrogen) atoms. The molecule has 0 fully saturated rings. The fourth-order valence-electron chi connectivity index (χ4n) is 2.95. The smallest absolute Gasteiger partial charge is 0.339 e. The van der Waals surface area contributed by atoms with Crippen molar-refractivity contribution < 1.29 is 23.8 Å². The first kappa shape index (κ1) is 21.3. The van der Waals surface area contributed by atoms with Gasteiger partial charge in [-0.05, 0) is 63.9 Å². The molecule has 0 aromatic heterocycles. The highest BCUT2D eigenvalue weighted by Crippen LogP contribution is 2.28. The first-order valence-electron chi connectivity index (χ1n) is 9.17. The summed E-state index contributed by atoms with van der Waals surface area (Å²) < 4.78 is 16.0. The minimum Gasteiger partial charge on any atom is -0.493 e. The van der Waals surface area contributed by atoms with Crippen LogP contribution in [0.4, 0.5) is 5.69 Å². The molecule has 6 nitrogen and oxygen atoms in total. The summed E-state index contributed by atoms with van der Waals surface area (Å²) in [6.07, 6.45) is -0.954. The zero-order valence-electron chi connectivity index (χ0n) is 17.2. The van der Waals surface area contributed by atoms with E-state index in [9.17, 15) is 9.59 Å². The normalized spacial score (nSPS) is 11.5. The number of rotatable bonds is 7. The lowest BCUT2D eigenvalue weighted by Gasteiger charge is -2.17. The summed E-state index contributed by atoms with van der Waals surface area (Å²) in [4.78, 5) is 24.9. The van der Waals surface area contributed by atoms with E-state index in [1.54, 1.807) is 12.1 Å². The molecular weight excluding hydrogens is 358 g/mol. The average Bonchev–Trinajstić information content (AvgIpc) is 2.64. The lowest BCUT2D eigenvalue weighted by atomic mass is 10.0. The van der Waals surface area contributed by atoms with Gasteiger partial charge in [0.15, 0.2) is 17.6 Å². The molecule has 0 unspecified atom stereocenters. The second-order valence-electron chi connectivity index (χ2n) is 6.61. The molecule has 2 aromatic carbocycles. The minimum absolute atomic E-state index is 0.280. The molecule has 0 aliphatic carbocycles. The standard InChI is InChI=1S/C22H27NO5/c1-7-27-18-9-8-17(12-19(18)26-6)22(25)28-16(5)21(24)23-20-14(3)10-13(2)11-15(20)4/h8-12,16H,7H2,1-6H3,(H,23,24)/t16-/m1/s1. The molecule has 1 amide bonds. The summed E-state index contributed by atoms with van der Waals surface area (Å²) in [7, 11) is 1.50. The number of methoxy groups -OCH3 is 1. The van der Waals surface area contributed by atoms with Gasteiger partial charge in [0, 0.05) is 5.69 Å². The van der Waals surface area contributed by atoms with Gasteiger partial charge in [-0.2, -0.15) is 0 Å². The van der Waals surface area contributed by atoms with Gasteiger partial charge in [0.2, 0.25) is 0 Å². The molecule has 0 saturated carbocycles. The SMILES string of the molecule is CCOc1ccc(C(=O)O[C@H](C)C(=O)Nc2c(C)cc(C)cc2C)cc1OC. The number of carbonyl (C=O) groups is 2. The number of hydrogen-bond acceptors (Lipinski definition) is 5. The molecule has 0 radical (unpaired) electrons. The summed E-state index contributed by atoms with van der Waals surface area (Å²) in [5.74, 6) is -0.0281. The van der Waals surface area contributed by atoms with Crippen molar-refractivity contribution in [3.05, 3.63) is 52.6 Å². The van der Waals surface area contributed by atoms with Crippen molar-refractivity contribution in [3.63, 3.8) is 0 Å². The molecule has 0 saturated heterocycles. The Morgan fingerprint density at radius 2 is 1.68 bits per heavy atom. The Bertz CT molecular complexity index is 852. The van der Waals surface area contributed by atoms with Crippen LogP contribution in [0, 0.1) is 20.8 Å². The number of benzene rings is 2. The number of carbonyl (C=O) groups excluding carboxylic acids is 2. The monoisotopic (exact) mass is 385 g/mol. The lowest BCUT2D eigenvalue weighted by Crippen LogP contribution is -2.30. The van der Waals surface area contributed by atoms with Crippen molar-refractivity contribution in [2.24, 2.45) is 0 Å². The Balaban J connectivity index is 2.09. The zero-order valence-corrected chi connectivity index (χ0v) is 17.2. The fourth-order valence-corrected chi connectivity index (χ4v) is 2.95.